The third-order valence-corrected chi connectivity index (χ3v) is 3.32. The molecule has 2 N–H and O–H groups in total. The number of carbonyl (C=O) groups is 1. The fraction of sp³-hybridized carbons (Fsp3) is 0.550. The number of rotatable bonds is 14. The van der Waals surface area contributed by atoms with E-state index < -0.39 is 5.97 Å². The molecule has 0 aliphatic carbocycles. The lowest BCUT2D eigenvalue weighted by atomic mass is 10.1. The maximum absolute atomic E-state index is 10.3. The maximum Gasteiger partial charge on any atom is 0.303 e. The lowest BCUT2D eigenvalue weighted by Gasteiger charge is -2.02. The summed E-state index contributed by atoms with van der Waals surface area (Å²) < 4.78 is 0. The second-order valence-corrected chi connectivity index (χ2v) is 5.58. The molecule has 0 saturated carbocycles. The minimum Gasteiger partial charge on any atom is -0.481 e. The van der Waals surface area contributed by atoms with Crippen LogP contribution in [0.3, 0.4) is 0 Å². The Hall–Kier alpha value is -1.61. The molecule has 0 aromatic rings. The number of aliphatic hydroxyl groups excluding tert-OH is 1. The van der Waals surface area contributed by atoms with Crippen LogP contribution in [0.2, 0.25) is 0 Å². The fourth-order valence-corrected chi connectivity index (χ4v) is 1.98. The molecule has 0 rings (SSSR count). The van der Waals surface area contributed by atoms with Crippen LogP contribution in [-0.2, 0) is 4.79 Å². The minimum atomic E-state index is -0.729. The Balaban J connectivity index is 3.57. The summed E-state index contributed by atoms with van der Waals surface area (Å²) in [5, 5.41) is 18.2. The van der Waals surface area contributed by atoms with Crippen molar-refractivity contribution in [1.29, 1.82) is 0 Å². The van der Waals surface area contributed by atoms with Crippen molar-refractivity contribution in [2.45, 2.75) is 70.8 Å². The molecular formula is C20H32O3. The molecule has 0 aromatic carbocycles. The summed E-state index contributed by atoms with van der Waals surface area (Å²) in [6.07, 6.45) is 23.6. The van der Waals surface area contributed by atoms with E-state index in [4.69, 9.17) is 5.11 Å². The molecule has 0 heterocycles. The molecule has 1 atom stereocenters. The largest absolute Gasteiger partial charge is 0.481 e. The Morgan fingerprint density at radius 3 is 2.35 bits per heavy atom. The smallest absolute Gasteiger partial charge is 0.303 e. The van der Waals surface area contributed by atoms with Crippen molar-refractivity contribution < 1.29 is 15.0 Å². The number of aliphatic hydroxyl groups is 1. The fourth-order valence-electron chi connectivity index (χ4n) is 1.98. The summed E-state index contributed by atoms with van der Waals surface area (Å²) >= 11 is 0. The number of hydrogen-bond donors (Lipinski definition) is 2. The van der Waals surface area contributed by atoms with Gasteiger partial charge >= 0.3 is 5.97 Å². The molecule has 3 heteroatoms. The monoisotopic (exact) mass is 320 g/mol. The van der Waals surface area contributed by atoms with Gasteiger partial charge < -0.3 is 10.2 Å². The molecular weight excluding hydrogens is 288 g/mol. The summed E-state index contributed by atoms with van der Waals surface area (Å²) in [5.74, 6) is -0.729. The third-order valence-electron chi connectivity index (χ3n) is 3.32. The van der Waals surface area contributed by atoms with Gasteiger partial charge in [0.1, 0.15) is 0 Å². The highest BCUT2D eigenvalue weighted by molar-refractivity contribution is 5.66. The van der Waals surface area contributed by atoms with Crippen molar-refractivity contribution in [2.75, 3.05) is 0 Å². The van der Waals surface area contributed by atoms with Crippen LogP contribution in [0.5, 0.6) is 0 Å². The Labute approximate surface area is 141 Å². The predicted octanol–water partition coefficient (Wildman–Crippen LogP) is 5.19. The summed E-state index contributed by atoms with van der Waals surface area (Å²) in [6, 6.07) is 0. The van der Waals surface area contributed by atoms with E-state index in [2.05, 4.69) is 31.2 Å². The molecule has 0 aliphatic rings. The Bertz CT molecular complexity index is 392. The average molecular weight is 320 g/mol. The van der Waals surface area contributed by atoms with Gasteiger partial charge in [0.2, 0.25) is 0 Å². The summed E-state index contributed by atoms with van der Waals surface area (Å²) in [6.45, 7) is 2.16. The Morgan fingerprint density at radius 2 is 1.65 bits per heavy atom. The third kappa shape index (κ3) is 18.3. The predicted molar refractivity (Wildman–Crippen MR) is 97.4 cm³/mol. The summed E-state index contributed by atoms with van der Waals surface area (Å²) in [4.78, 5) is 10.3. The standard InChI is InChI=1S/C20H32O3/c1-2-3-13-16-19(21)17-14-11-9-7-5-4-6-8-10-12-15-18-20(22)23/h4-5,8-11,14,17,19,21H,2-3,6-7,12-13,15-16,18H2,1H3,(H,22,23)/t19-/m0/s1. The molecule has 0 fully saturated rings. The maximum atomic E-state index is 10.3. The highest BCUT2D eigenvalue weighted by Crippen LogP contribution is 2.04. The van der Waals surface area contributed by atoms with Crippen LogP contribution in [-0.4, -0.2) is 22.3 Å². The number of carboxylic acid groups (broad SMARTS) is 1. The van der Waals surface area contributed by atoms with Crippen molar-refractivity contribution in [2.24, 2.45) is 0 Å². The second kappa shape index (κ2) is 16.8. The van der Waals surface area contributed by atoms with Crippen LogP contribution < -0.4 is 0 Å². The van der Waals surface area contributed by atoms with Crippen LogP contribution in [0.4, 0.5) is 0 Å². The zero-order valence-electron chi connectivity index (χ0n) is 14.4. The van der Waals surface area contributed by atoms with Gasteiger partial charge in [-0.2, -0.15) is 0 Å². The molecule has 0 aliphatic heterocycles. The highest BCUT2D eigenvalue weighted by atomic mass is 16.4. The number of allylic oxidation sites excluding steroid dienone is 7. The van der Waals surface area contributed by atoms with Crippen molar-refractivity contribution in [3.8, 4) is 0 Å². The normalized spacial score (nSPS) is 13.8. The van der Waals surface area contributed by atoms with Gasteiger partial charge in [-0.1, -0.05) is 74.8 Å². The van der Waals surface area contributed by atoms with Crippen molar-refractivity contribution >= 4 is 5.97 Å². The van der Waals surface area contributed by atoms with Gasteiger partial charge in [-0.25, -0.2) is 0 Å². The van der Waals surface area contributed by atoms with Gasteiger partial charge in [0.05, 0.1) is 6.10 Å². The van der Waals surface area contributed by atoms with Crippen LogP contribution in [0, 0.1) is 0 Å². The first kappa shape index (κ1) is 21.4. The highest BCUT2D eigenvalue weighted by Gasteiger charge is 1.96. The van der Waals surface area contributed by atoms with E-state index in [9.17, 15) is 9.90 Å². The Morgan fingerprint density at radius 1 is 0.957 bits per heavy atom. The van der Waals surface area contributed by atoms with E-state index in [0.29, 0.717) is 6.42 Å². The van der Waals surface area contributed by atoms with Crippen molar-refractivity contribution in [3.63, 3.8) is 0 Å². The van der Waals surface area contributed by atoms with Gasteiger partial charge in [0, 0.05) is 6.42 Å². The van der Waals surface area contributed by atoms with Crippen molar-refractivity contribution in [3.05, 3.63) is 48.6 Å². The van der Waals surface area contributed by atoms with Crippen LogP contribution in [0.1, 0.15) is 64.7 Å². The van der Waals surface area contributed by atoms with Crippen LogP contribution in [0.15, 0.2) is 48.6 Å². The van der Waals surface area contributed by atoms with Crippen molar-refractivity contribution in [1.82, 2.24) is 0 Å². The molecule has 0 spiro atoms. The molecule has 0 bridgehead atoms. The second-order valence-electron chi connectivity index (χ2n) is 5.58. The van der Waals surface area contributed by atoms with E-state index in [-0.39, 0.29) is 12.5 Å². The zero-order chi connectivity index (χ0) is 17.2. The number of carboxylic acids is 1. The van der Waals surface area contributed by atoms with Gasteiger partial charge in [0.25, 0.3) is 0 Å². The van der Waals surface area contributed by atoms with Crippen LogP contribution in [0.25, 0.3) is 0 Å². The Kier molecular flexibility index (Phi) is 15.6. The molecule has 130 valence electrons. The van der Waals surface area contributed by atoms with E-state index in [0.717, 1.165) is 32.1 Å². The van der Waals surface area contributed by atoms with E-state index >= 15 is 0 Å². The lowest BCUT2D eigenvalue weighted by Crippen LogP contribution is -2.00. The number of unbranched alkanes of at least 4 members (excludes halogenated alkanes) is 3. The lowest BCUT2D eigenvalue weighted by molar-refractivity contribution is -0.137. The van der Waals surface area contributed by atoms with Gasteiger partial charge in [-0.15, -0.1) is 0 Å². The molecule has 0 aromatic heterocycles. The number of hydrogen-bond acceptors (Lipinski definition) is 2. The molecule has 0 saturated heterocycles. The quantitative estimate of drug-likeness (QED) is 0.263. The molecule has 23 heavy (non-hydrogen) atoms. The van der Waals surface area contributed by atoms with Gasteiger partial charge in [0.15, 0.2) is 0 Å². The first-order chi connectivity index (χ1) is 11.2. The van der Waals surface area contributed by atoms with E-state index in [1.165, 1.54) is 12.8 Å². The molecule has 0 unspecified atom stereocenters. The SMILES string of the molecule is CCCCC[C@H](O)C=CC=CCC=CCC=CCCCC(=O)O. The van der Waals surface area contributed by atoms with Gasteiger partial charge in [-0.05, 0) is 32.1 Å². The first-order valence-electron chi connectivity index (χ1n) is 8.70. The van der Waals surface area contributed by atoms with E-state index in [1.807, 2.05) is 24.3 Å². The van der Waals surface area contributed by atoms with Gasteiger partial charge in [-0.3, -0.25) is 4.79 Å². The molecule has 0 radical (unpaired) electrons. The molecule has 3 nitrogen and oxygen atoms in total. The first-order valence-corrected chi connectivity index (χ1v) is 8.70. The zero-order valence-corrected chi connectivity index (χ0v) is 14.4. The summed E-state index contributed by atoms with van der Waals surface area (Å²) in [7, 11) is 0. The van der Waals surface area contributed by atoms with Crippen LogP contribution >= 0.6 is 0 Å². The van der Waals surface area contributed by atoms with E-state index in [1.54, 1.807) is 0 Å². The topological polar surface area (TPSA) is 57.5 Å². The molecule has 0 amide bonds. The minimum absolute atomic E-state index is 0.242. The number of aliphatic carboxylic acids is 1. The summed E-state index contributed by atoms with van der Waals surface area (Å²) in [5.41, 5.74) is 0. The average Bonchev–Trinajstić information content (AvgIpc) is 2.51.